The molecule has 0 spiro atoms. The van der Waals surface area contributed by atoms with Crippen LogP contribution in [0.5, 0.6) is 0 Å². The molecule has 230 valence electrons. The van der Waals surface area contributed by atoms with Crippen LogP contribution in [0, 0.1) is 13.8 Å². The fourth-order valence-corrected chi connectivity index (χ4v) is 7.04. The third kappa shape index (κ3) is 11.1. The first-order chi connectivity index (χ1) is 20.7. The molecule has 0 N–H and O–H groups in total. The predicted molar refractivity (Wildman–Crippen MR) is 172 cm³/mol. The van der Waals surface area contributed by atoms with E-state index in [1.165, 1.54) is 21.4 Å². The monoisotopic (exact) mass is 680 g/mol. The maximum atomic E-state index is 11.1. The second kappa shape index (κ2) is 18.4. The van der Waals surface area contributed by atoms with Crippen LogP contribution in [-0.4, -0.2) is 31.0 Å². The SMILES string of the molecule is CC(/C=C\c1cc[n+](CCCCSOO[O-])c2ccccc12)=C/C=C1\Sc2cc(C)c(C)cc2N1CCCCS(=O)(=O)[O-].[K+]. The Morgan fingerprint density at radius 2 is 1.86 bits per heavy atom. The smallest absolute Gasteiger partial charge is 0.748 e. The van der Waals surface area contributed by atoms with Gasteiger partial charge in [-0.3, -0.25) is 5.04 Å². The van der Waals surface area contributed by atoms with E-state index >= 15 is 0 Å². The first kappa shape index (κ1) is 37.5. The number of anilines is 1. The zero-order valence-corrected chi connectivity index (χ0v) is 31.2. The second-order valence-corrected chi connectivity index (χ2v) is 13.9. The number of benzene rings is 2. The van der Waals surface area contributed by atoms with Crippen LogP contribution in [0.25, 0.3) is 17.0 Å². The topological polar surface area (TPSA) is 106 Å². The third-order valence-corrected chi connectivity index (χ3v) is 9.81. The number of thioether (sulfide) groups is 1. The maximum absolute atomic E-state index is 11.1. The molecule has 4 rings (SSSR count). The number of pyridine rings is 1. The van der Waals surface area contributed by atoms with Crippen LogP contribution in [0.1, 0.15) is 49.3 Å². The molecule has 3 aromatic rings. The number of hydrogen-bond donors (Lipinski definition) is 0. The largest absolute Gasteiger partial charge is 1.00 e. The van der Waals surface area contributed by atoms with Crippen LogP contribution in [-0.2, 0) is 26.0 Å². The van der Waals surface area contributed by atoms with Crippen molar-refractivity contribution in [2.75, 3.05) is 23.0 Å². The van der Waals surface area contributed by atoms with E-state index in [1.54, 1.807) is 11.8 Å². The molecule has 1 aromatic heterocycles. The molecule has 0 bridgehead atoms. The molecule has 0 radical (unpaired) electrons. The summed E-state index contributed by atoms with van der Waals surface area (Å²) in [7, 11) is -4.21. The van der Waals surface area contributed by atoms with Gasteiger partial charge in [0.05, 0.1) is 26.2 Å². The number of nitrogens with zero attached hydrogens (tertiary/aromatic N) is 2. The predicted octanol–water partition coefficient (Wildman–Crippen LogP) is 3.14. The standard InChI is InChI=1S/C32H38N2O6S3.K/c1-24(12-14-27-16-19-33(17-6-8-20-41-40-39-35)29-11-5-4-10-28(27)29)13-15-32-34(18-7-9-21-43(36,37)38)30-22-25(2)26(3)23-31(30)42-32;/h4-5,10-16,19,22-23H,6-9,17-18,20-21H2,1-3H3,(H-,35,36,37,38);/q;+1/p-1. The summed E-state index contributed by atoms with van der Waals surface area (Å²) in [4.78, 5) is 3.41. The quantitative estimate of drug-likeness (QED) is 0.0350. The second-order valence-electron chi connectivity index (χ2n) is 10.5. The van der Waals surface area contributed by atoms with Crippen LogP contribution in [0.15, 0.2) is 82.4 Å². The number of aromatic nitrogens is 1. The number of allylic oxidation sites excluding steroid dienone is 4. The Balaban J connectivity index is 0.00000529. The van der Waals surface area contributed by atoms with Gasteiger partial charge in [0.15, 0.2) is 6.20 Å². The molecule has 1 aliphatic heterocycles. The molecular weight excluding hydrogens is 644 g/mol. The van der Waals surface area contributed by atoms with Gasteiger partial charge in [0.25, 0.3) is 0 Å². The summed E-state index contributed by atoms with van der Waals surface area (Å²) in [6, 6.07) is 14.9. The van der Waals surface area contributed by atoms with E-state index in [-0.39, 0.29) is 57.1 Å². The Hall–Kier alpha value is -1.00. The Morgan fingerprint density at radius 1 is 1.09 bits per heavy atom. The van der Waals surface area contributed by atoms with E-state index in [0.29, 0.717) is 25.1 Å². The Bertz CT molecular complexity index is 1630. The number of rotatable bonds is 15. The van der Waals surface area contributed by atoms with Crippen LogP contribution >= 0.6 is 23.8 Å². The van der Waals surface area contributed by atoms with Gasteiger partial charge in [-0.15, -0.1) is 0 Å². The minimum absolute atomic E-state index is 0. The van der Waals surface area contributed by atoms with Gasteiger partial charge in [-0.25, -0.2) is 8.42 Å². The third-order valence-electron chi connectivity index (χ3n) is 7.30. The number of para-hydroxylation sites is 1. The maximum Gasteiger partial charge on any atom is 1.00 e. The summed E-state index contributed by atoms with van der Waals surface area (Å²) in [5.41, 5.74) is 6.95. The molecular formula is C32H37KN2O6S3. The van der Waals surface area contributed by atoms with Gasteiger partial charge in [0.2, 0.25) is 5.52 Å². The van der Waals surface area contributed by atoms with Crippen molar-refractivity contribution in [2.24, 2.45) is 0 Å². The van der Waals surface area contributed by atoms with E-state index in [2.05, 4.69) is 100 Å². The van der Waals surface area contributed by atoms with Crippen LogP contribution in [0.2, 0.25) is 0 Å². The van der Waals surface area contributed by atoms with Gasteiger partial charge < -0.3 is 14.7 Å². The number of aryl methyl sites for hydroxylation is 3. The summed E-state index contributed by atoms with van der Waals surface area (Å²) >= 11 is 2.73. The summed E-state index contributed by atoms with van der Waals surface area (Å²) in [5.74, 6) is 0.357. The van der Waals surface area contributed by atoms with Crippen LogP contribution < -0.4 is 66.1 Å². The zero-order valence-electron chi connectivity index (χ0n) is 25.7. The van der Waals surface area contributed by atoms with Crippen molar-refractivity contribution < 1.29 is 83.6 Å². The molecule has 2 aromatic carbocycles. The van der Waals surface area contributed by atoms with Crippen molar-refractivity contribution in [3.63, 3.8) is 0 Å². The molecule has 1 aliphatic rings. The van der Waals surface area contributed by atoms with Crippen molar-refractivity contribution in [1.29, 1.82) is 0 Å². The summed E-state index contributed by atoms with van der Waals surface area (Å²) < 4.78 is 39.8. The van der Waals surface area contributed by atoms with Crippen molar-refractivity contribution in [3.05, 3.63) is 94.2 Å². The van der Waals surface area contributed by atoms with Gasteiger partial charge in [-0.1, -0.05) is 47.7 Å². The molecule has 0 saturated carbocycles. The molecule has 0 fully saturated rings. The minimum atomic E-state index is -4.21. The summed E-state index contributed by atoms with van der Waals surface area (Å²) in [6.45, 7) is 7.77. The van der Waals surface area contributed by atoms with Crippen LogP contribution in [0.3, 0.4) is 0 Å². The fourth-order valence-electron chi connectivity index (χ4n) is 4.88. The molecule has 0 amide bonds. The van der Waals surface area contributed by atoms with Crippen LogP contribution in [0.4, 0.5) is 5.69 Å². The minimum Gasteiger partial charge on any atom is -0.748 e. The van der Waals surface area contributed by atoms with Crippen molar-refractivity contribution >= 4 is 56.6 Å². The van der Waals surface area contributed by atoms with Crippen molar-refractivity contribution in [1.82, 2.24) is 0 Å². The van der Waals surface area contributed by atoms with Gasteiger partial charge in [0.1, 0.15) is 6.54 Å². The number of unbranched alkanes of at least 4 members (excludes halogenated alkanes) is 2. The molecule has 0 atom stereocenters. The normalized spacial score (nSPS) is 14.5. The first-order valence-corrected chi connectivity index (χ1v) is 17.5. The molecule has 44 heavy (non-hydrogen) atoms. The molecule has 8 nitrogen and oxygen atoms in total. The van der Waals surface area contributed by atoms with Gasteiger partial charge in [-0.05, 0) is 81.0 Å². The average molecular weight is 681 g/mol. The van der Waals surface area contributed by atoms with Crippen molar-refractivity contribution in [2.45, 2.75) is 57.9 Å². The average Bonchev–Trinajstić information content (AvgIpc) is 3.30. The van der Waals surface area contributed by atoms with Gasteiger partial charge >= 0.3 is 51.4 Å². The first-order valence-electron chi connectivity index (χ1n) is 14.2. The summed E-state index contributed by atoms with van der Waals surface area (Å²) in [6.07, 6.45) is 13.4. The molecule has 2 heterocycles. The molecule has 0 aliphatic carbocycles. The van der Waals surface area contributed by atoms with E-state index in [9.17, 15) is 18.2 Å². The number of fused-ring (bicyclic) bond motifs is 2. The van der Waals surface area contributed by atoms with E-state index < -0.39 is 10.1 Å². The Labute approximate surface area is 311 Å². The fraction of sp³-hybridized carbons (Fsp3) is 0.344. The van der Waals surface area contributed by atoms with Gasteiger partial charge in [0, 0.05) is 53.5 Å². The summed E-state index contributed by atoms with van der Waals surface area (Å²) in [5, 5.41) is 15.5. The van der Waals surface area contributed by atoms with E-state index in [4.69, 9.17) is 0 Å². The zero-order chi connectivity index (χ0) is 30.8. The van der Waals surface area contributed by atoms with Gasteiger partial charge in [-0.2, -0.15) is 8.90 Å². The molecule has 0 saturated heterocycles. The van der Waals surface area contributed by atoms with Crippen molar-refractivity contribution in [3.8, 4) is 0 Å². The van der Waals surface area contributed by atoms with E-state index in [0.717, 1.165) is 58.8 Å². The van der Waals surface area contributed by atoms with E-state index in [1.807, 2.05) is 12.1 Å². The molecule has 12 heteroatoms. The number of hydrogen-bond acceptors (Lipinski definition) is 9. The Morgan fingerprint density at radius 3 is 2.64 bits per heavy atom. The Kier molecular flexibility index (Phi) is 15.6. The molecule has 0 unspecified atom stereocenters.